The fourth-order valence-electron chi connectivity index (χ4n) is 6.13. The Morgan fingerprint density at radius 3 is 2.36 bits per heavy atom. The van der Waals surface area contributed by atoms with Gasteiger partial charge in [-0.05, 0) is 55.4 Å². The van der Waals surface area contributed by atoms with Crippen molar-refractivity contribution in [3.8, 4) is 21.7 Å². The van der Waals surface area contributed by atoms with Crippen LogP contribution >= 0.6 is 22.7 Å². The van der Waals surface area contributed by atoms with E-state index in [9.17, 15) is 14.7 Å². The monoisotopic (exact) mass is 563 g/mol. The normalized spacial score (nSPS) is 16.7. The molecule has 7 nitrogen and oxygen atoms in total. The molecule has 1 aliphatic heterocycles. The topological polar surface area (TPSA) is 84.7 Å². The number of nitrogens with zero attached hydrogens (tertiary/aromatic N) is 3. The Bertz CT molecular complexity index is 1520. The summed E-state index contributed by atoms with van der Waals surface area (Å²) in [7, 11) is 0. The zero-order valence-electron chi connectivity index (χ0n) is 22.4. The number of carboxylic acids is 1. The van der Waals surface area contributed by atoms with Gasteiger partial charge in [-0.2, -0.15) is 0 Å². The molecule has 1 N–H and O–H groups in total. The lowest BCUT2D eigenvalue weighted by molar-refractivity contribution is -0.135. The van der Waals surface area contributed by atoms with Gasteiger partial charge in [0.25, 0.3) is 0 Å². The van der Waals surface area contributed by atoms with E-state index in [0.29, 0.717) is 37.1 Å². The number of hydrogen-bond acceptors (Lipinski definition) is 6. The molecule has 0 radical (unpaired) electrons. The van der Waals surface area contributed by atoms with Gasteiger partial charge in [0.1, 0.15) is 11.4 Å². The number of carbonyl (C=O) groups is 2. The maximum atomic E-state index is 13.5. The van der Waals surface area contributed by atoms with E-state index in [1.165, 1.54) is 41.0 Å². The number of benzene rings is 1. The van der Waals surface area contributed by atoms with Crippen LogP contribution in [0.4, 0.5) is 0 Å². The first kappa shape index (κ1) is 26.2. The molecule has 0 unspecified atom stereocenters. The SMILES string of the molecule is Cc1nc(C)c(-c2ccc(-c3c(C4CCCCC4)c4sc(C(=O)O)cc4n3CC(=O)N3CCOCC3)cc2)s1. The van der Waals surface area contributed by atoms with Crippen LogP contribution in [0.5, 0.6) is 0 Å². The maximum absolute atomic E-state index is 13.5. The first-order chi connectivity index (χ1) is 18.9. The van der Waals surface area contributed by atoms with Gasteiger partial charge in [-0.3, -0.25) is 4.79 Å². The minimum absolute atomic E-state index is 0.0436. The molecule has 1 saturated carbocycles. The summed E-state index contributed by atoms with van der Waals surface area (Å²) in [6.07, 6.45) is 5.74. The molecular weight excluding hydrogens is 530 g/mol. The van der Waals surface area contributed by atoms with Crippen LogP contribution in [0, 0.1) is 13.8 Å². The summed E-state index contributed by atoms with van der Waals surface area (Å²) >= 11 is 3.05. The van der Waals surface area contributed by atoms with Crippen LogP contribution in [-0.4, -0.2) is 57.7 Å². The summed E-state index contributed by atoms with van der Waals surface area (Å²) in [5.74, 6) is -0.526. The lowest BCUT2D eigenvalue weighted by Gasteiger charge is -2.28. The van der Waals surface area contributed by atoms with E-state index >= 15 is 0 Å². The highest BCUT2D eigenvalue weighted by Gasteiger charge is 2.30. The van der Waals surface area contributed by atoms with Gasteiger partial charge in [0, 0.05) is 13.1 Å². The number of fused-ring (bicyclic) bond motifs is 1. The van der Waals surface area contributed by atoms with Crippen LogP contribution in [0.15, 0.2) is 30.3 Å². The number of carboxylic acid groups (broad SMARTS) is 1. The largest absolute Gasteiger partial charge is 0.477 e. The average molecular weight is 564 g/mol. The van der Waals surface area contributed by atoms with Crippen LogP contribution in [0.3, 0.4) is 0 Å². The molecule has 2 aliphatic rings. The molecule has 9 heteroatoms. The lowest BCUT2D eigenvalue weighted by Crippen LogP contribution is -2.42. The predicted octanol–water partition coefficient (Wildman–Crippen LogP) is 6.71. The molecule has 4 aromatic rings. The van der Waals surface area contributed by atoms with E-state index in [2.05, 4.69) is 33.8 Å². The second kappa shape index (κ2) is 10.9. The molecule has 0 atom stereocenters. The summed E-state index contributed by atoms with van der Waals surface area (Å²) in [5, 5.41) is 10.9. The van der Waals surface area contributed by atoms with Crippen molar-refractivity contribution in [3.05, 3.63) is 51.5 Å². The van der Waals surface area contributed by atoms with E-state index in [1.807, 2.05) is 18.7 Å². The Hall–Kier alpha value is -3.01. The summed E-state index contributed by atoms with van der Waals surface area (Å²) in [6.45, 7) is 6.52. The minimum Gasteiger partial charge on any atom is -0.477 e. The summed E-state index contributed by atoms with van der Waals surface area (Å²) in [5.41, 5.74) is 6.37. The molecule has 1 aliphatic carbocycles. The third kappa shape index (κ3) is 5.03. The number of rotatable bonds is 6. The molecule has 1 amide bonds. The van der Waals surface area contributed by atoms with Gasteiger partial charge in [0.15, 0.2) is 0 Å². The highest BCUT2D eigenvalue weighted by atomic mass is 32.1. The Balaban J connectivity index is 1.50. The first-order valence-corrected chi connectivity index (χ1v) is 15.3. The number of aryl methyl sites for hydroxylation is 2. The molecule has 6 rings (SSSR count). The van der Waals surface area contributed by atoms with E-state index in [-0.39, 0.29) is 12.5 Å². The summed E-state index contributed by atoms with van der Waals surface area (Å²) in [6, 6.07) is 10.4. The molecule has 0 bridgehead atoms. The summed E-state index contributed by atoms with van der Waals surface area (Å²) < 4.78 is 8.58. The standard InChI is InChI=1S/C30H33N3O4S2/c1-18-28(38-19(2)31-18)22-10-8-21(9-11-22)27-26(20-6-4-3-5-7-20)29-23(16-24(39-29)30(35)36)33(27)17-25(34)32-12-14-37-15-13-32/h8-11,16,20H,3-7,12-15,17H2,1-2H3,(H,35,36). The molecule has 2 fully saturated rings. The van der Waals surface area contributed by atoms with Gasteiger partial charge in [-0.15, -0.1) is 22.7 Å². The Morgan fingerprint density at radius 1 is 1.03 bits per heavy atom. The molecule has 3 aromatic heterocycles. The number of morpholine rings is 1. The van der Waals surface area contributed by atoms with Gasteiger partial charge in [0.05, 0.1) is 44.7 Å². The maximum Gasteiger partial charge on any atom is 0.345 e. The smallest absolute Gasteiger partial charge is 0.345 e. The van der Waals surface area contributed by atoms with Crippen molar-refractivity contribution in [2.75, 3.05) is 26.3 Å². The fourth-order valence-corrected chi connectivity index (χ4v) is 8.18. The van der Waals surface area contributed by atoms with Crippen molar-refractivity contribution in [2.45, 2.75) is 58.4 Å². The van der Waals surface area contributed by atoms with Crippen LogP contribution in [-0.2, 0) is 16.1 Å². The number of amides is 1. The third-order valence-corrected chi connectivity index (χ3v) is 10.2. The van der Waals surface area contributed by atoms with Crippen LogP contribution in [0.2, 0.25) is 0 Å². The molecule has 204 valence electrons. The zero-order valence-corrected chi connectivity index (χ0v) is 24.0. The van der Waals surface area contributed by atoms with E-state index in [0.717, 1.165) is 50.6 Å². The summed E-state index contributed by atoms with van der Waals surface area (Å²) in [4.78, 5) is 33.5. The van der Waals surface area contributed by atoms with Crippen molar-refractivity contribution < 1.29 is 19.4 Å². The lowest BCUT2D eigenvalue weighted by atomic mass is 9.83. The van der Waals surface area contributed by atoms with Gasteiger partial charge < -0.3 is 19.3 Å². The van der Waals surface area contributed by atoms with E-state index in [1.54, 1.807) is 17.4 Å². The average Bonchev–Trinajstić information content (AvgIpc) is 3.62. The molecule has 0 spiro atoms. The number of hydrogen-bond donors (Lipinski definition) is 1. The number of aromatic carboxylic acids is 1. The Labute approximate surface area is 236 Å². The van der Waals surface area contributed by atoms with Crippen LogP contribution < -0.4 is 0 Å². The molecular formula is C30H33N3O4S2. The molecule has 1 saturated heterocycles. The number of thiazole rings is 1. The third-order valence-electron chi connectivity index (χ3n) is 7.98. The van der Waals surface area contributed by atoms with E-state index in [4.69, 9.17) is 4.74 Å². The Kier molecular flexibility index (Phi) is 7.31. The highest BCUT2D eigenvalue weighted by molar-refractivity contribution is 7.21. The molecule has 39 heavy (non-hydrogen) atoms. The highest BCUT2D eigenvalue weighted by Crippen LogP contribution is 2.47. The van der Waals surface area contributed by atoms with E-state index < -0.39 is 5.97 Å². The quantitative estimate of drug-likeness (QED) is 0.282. The number of ether oxygens (including phenoxy) is 1. The van der Waals surface area contributed by atoms with Crippen molar-refractivity contribution in [1.29, 1.82) is 0 Å². The Morgan fingerprint density at radius 2 is 1.72 bits per heavy atom. The van der Waals surface area contributed by atoms with Gasteiger partial charge >= 0.3 is 5.97 Å². The number of carbonyl (C=O) groups excluding carboxylic acids is 1. The van der Waals surface area contributed by atoms with Crippen molar-refractivity contribution in [2.24, 2.45) is 0 Å². The number of aromatic nitrogens is 2. The second-order valence-corrected chi connectivity index (χ2v) is 12.8. The molecule has 4 heterocycles. The van der Waals surface area contributed by atoms with Gasteiger partial charge in [0.2, 0.25) is 5.91 Å². The van der Waals surface area contributed by atoms with Crippen LogP contribution in [0.1, 0.15) is 64.0 Å². The van der Waals surface area contributed by atoms with Crippen molar-refractivity contribution in [1.82, 2.24) is 14.5 Å². The van der Waals surface area contributed by atoms with Gasteiger partial charge in [-0.1, -0.05) is 43.5 Å². The van der Waals surface area contributed by atoms with Crippen molar-refractivity contribution in [3.63, 3.8) is 0 Å². The first-order valence-electron chi connectivity index (χ1n) is 13.7. The van der Waals surface area contributed by atoms with Crippen molar-refractivity contribution >= 4 is 44.8 Å². The second-order valence-electron chi connectivity index (χ2n) is 10.5. The van der Waals surface area contributed by atoms with Gasteiger partial charge in [-0.25, -0.2) is 9.78 Å². The van der Waals surface area contributed by atoms with Crippen LogP contribution in [0.25, 0.3) is 31.9 Å². The molecule has 1 aromatic carbocycles. The minimum atomic E-state index is -0.919. The fraction of sp³-hybridized carbons (Fsp3) is 0.433. The zero-order chi connectivity index (χ0) is 27.1. The number of thiophene rings is 1. The predicted molar refractivity (Wildman–Crippen MR) is 156 cm³/mol.